The molecule has 5 heteroatoms. The third-order valence-corrected chi connectivity index (χ3v) is 4.35. The quantitative estimate of drug-likeness (QED) is 0.735. The molecule has 0 spiro atoms. The Morgan fingerprint density at radius 1 is 1.62 bits per heavy atom. The van der Waals surface area contributed by atoms with E-state index in [4.69, 9.17) is 0 Å². The second kappa shape index (κ2) is 5.89. The van der Waals surface area contributed by atoms with Crippen molar-refractivity contribution in [3.63, 3.8) is 0 Å². The number of nitrogens with zero attached hydrogens (tertiary/aromatic N) is 1. The summed E-state index contributed by atoms with van der Waals surface area (Å²) in [4.78, 5) is 14.2. The Hall–Kier alpha value is -0.260. The fourth-order valence-corrected chi connectivity index (χ4v) is 3.24. The van der Waals surface area contributed by atoms with Crippen LogP contribution < -0.4 is 10.6 Å². The van der Waals surface area contributed by atoms with Crippen molar-refractivity contribution in [2.75, 3.05) is 37.8 Å². The Morgan fingerprint density at radius 3 is 3.12 bits per heavy atom. The van der Waals surface area contributed by atoms with Crippen molar-refractivity contribution in [3.05, 3.63) is 0 Å². The van der Waals surface area contributed by atoms with Crippen LogP contribution in [0.25, 0.3) is 0 Å². The number of carbonyl (C=O) groups excluding carboxylic acids is 1. The monoisotopic (exact) mass is 243 g/mol. The van der Waals surface area contributed by atoms with Gasteiger partial charge in [-0.15, -0.1) is 11.8 Å². The molecule has 2 heterocycles. The SMILES string of the molecule is CCN1CCC(CNC(=O)C2CSCN2)C1. The second-order valence-electron chi connectivity index (χ2n) is 4.56. The van der Waals surface area contributed by atoms with Crippen LogP contribution in [0.2, 0.25) is 0 Å². The van der Waals surface area contributed by atoms with Gasteiger partial charge in [0.05, 0.1) is 6.04 Å². The van der Waals surface area contributed by atoms with Gasteiger partial charge in [0.25, 0.3) is 0 Å². The molecule has 0 aromatic heterocycles. The van der Waals surface area contributed by atoms with Crippen molar-refractivity contribution in [2.24, 2.45) is 5.92 Å². The number of carbonyl (C=O) groups is 1. The van der Waals surface area contributed by atoms with Crippen LogP contribution in [0.4, 0.5) is 0 Å². The normalized spacial score (nSPS) is 30.8. The Kier molecular flexibility index (Phi) is 4.49. The molecular formula is C11H21N3OS. The summed E-state index contributed by atoms with van der Waals surface area (Å²) >= 11 is 1.79. The largest absolute Gasteiger partial charge is 0.354 e. The lowest BCUT2D eigenvalue weighted by Crippen LogP contribution is -2.43. The molecule has 0 aliphatic carbocycles. The van der Waals surface area contributed by atoms with Crippen LogP contribution in [0.5, 0.6) is 0 Å². The Labute approximate surface area is 102 Å². The molecule has 2 N–H and O–H groups in total. The number of hydrogen-bond donors (Lipinski definition) is 2. The topological polar surface area (TPSA) is 44.4 Å². The molecule has 4 nitrogen and oxygen atoms in total. The standard InChI is InChI=1S/C11H21N3OS/c1-2-14-4-3-9(6-14)5-12-11(15)10-7-16-8-13-10/h9-10,13H,2-8H2,1H3,(H,12,15). The van der Waals surface area contributed by atoms with E-state index in [1.165, 1.54) is 13.0 Å². The summed E-state index contributed by atoms with van der Waals surface area (Å²) in [5.41, 5.74) is 0. The van der Waals surface area contributed by atoms with Gasteiger partial charge in [-0.1, -0.05) is 6.92 Å². The Balaban J connectivity index is 1.65. The molecule has 2 fully saturated rings. The minimum absolute atomic E-state index is 0.0358. The van der Waals surface area contributed by atoms with E-state index in [9.17, 15) is 4.79 Å². The predicted molar refractivity (Wildman–Crippen MR) is 67.5 cm³/mol. The third-order valence-electron chi connectivity index (χ3n) is 3.41. The van der Waals surface area contributed by atoms with Gasteiger partial charge in [0.1, 0.15) is 0 Å². The smallest absolute Gasteiger partial charge is 0.238 e. The molecule has 2 rings (SSSR count). The second-order valence-corrected chi connectivity index (χ2v) is 5.60. The van der Waals surface area contributed by atoms with Crippen LogP contribution in [0, 0.1) is 5.92 Å². The van der Waals surface area contributed by atoms with Gasteiger partial charge >= 0.3 is 0 Å². The Morgan fingerprint density at radius 2 is 2.50 bits per heavy atom. The molecule has 0 aromatic rings. The van der Waals surface area contributed by atoms with Crippen molar-refractivity contribution in [3.8, 4) is 0 Å². The lowest BCUT2D eigenvalue weighted by molar-refractivity contribution is -0.122. The molecule has 2 saturated heterocycles. The molecule has 2 atom stereocenters. The van der Waals surface area contributed by atoms with Crippen LogP contribution in [0.3, 0.4) is 0 Å². The summed E-state index contributed by atoms with van der Waals surface area (Å²) in [6.45, 7) is 6.50. The molecule has 0 bridgehead atoms. The van der Waals surface area contributed by atoms with E-state index in [1.54, 1.807) is 11.8 Å². The maximum atomic E-state index is 11.8. The number of thioether (sulfide) groups is 1. The molecule has 0 aromatic carbocycles. The highest BCUT2D eigenvalue weighted by molar-refractivity contribution is 7.99. The lowest BCUT2D eigenvalue weighted by Gasteiger charge is -2.15. The average Bonchev–Trinajstić information content (AvgIpc) is 2.96. The number of nitrogens with one attached hydrogen (secondary N) is 2. The summed E-state index contributed by atoms with van der Waals surface area (Å²) in [5.74, 6) is 2.65. The minimum atomic E-state index is 0.0358. The number of amides is 1. The van der Waals surface area contributed by atoms with E-state index in [0.29, 0.717) is 5.92 Å². The highest BCUT2D eigenvalue weighted by Gasteiger charge is 2.25. The van der Waals surface area contributed by atoms with Crippen molar-refractivity contribution in [1.29, 1.82) is 0 Å². The van der Waals surface area contributed by atoms with E-state index in [2.05, 4.69) is 22.5 Å². The summed E-state index contributed by atoms with van der Waals surface area (Å²) in [6.07, 6.45) is 1.22. The van der Waals surface area contributed by atoms with Crippen LogP contribution in [-0.4, -0.2) is 54.7 Å². The van der Waals surface area contributed by atoms with Gasteiger partial charge in [0.2, 0.25) is 5.91 Å². The molecule has 1 amide bonds. The van der Waals surface area contributed by atoms with Crippen molar-refractivity contribution >= 4 is 17.7 Å². The molecule has 92 valence electrons. The van der Waals surface area contributed by atoms with Crippen molar-refractivity contribution in [2.45, 2.75) is 19.4 Å². The fourth-order valence-electron chi connectivity index (χ4n) is 2.30. The molecule has 0 saturated carbocycles. The van der Waals surface area contributed by atoms with Gasteiger partial charge < -0.3 is 10.2 Å². The lowest BCUT2D eigenvalue weighted by atomic mass is 10.1. The average molecular weight is 243 g/mol. The summed E-state index contributed by atoms with van der Waals surface area (Å²) in [5, 5.41) is 6.26. The van der Waals surface area contributed by atoms with E-state index >= 15 is 0 Å². The first-order chi connectivity index (χ1) is 7.79. The molecule has 2 aliphatic heterocycles. The van der Waals surface area contributed by atoms with Crippen LogP contribution in [0.1, 0.15) is 13.3 Å². The fraction of sp³-hybridized carbons (Fsp3) is 0.909. The van der Waals surface area contributed by atoms with Gasteiger partial charge in [-0.25, -0.2) is 0 Å². The predicted octanol–water partition coefficient (Wildman–Crippen LogP) is 0.107. The Bertz CT molecular complexity index is 243. The molecule has 2 unspecified atom stereocenters. The first-order valence-electron chi connectivity index (χ1n) is 6.10. The zero-order valence-electron chi connectivity index (χ0n) is 9.87. The summed E-state index contributed by atoms with van der Waals surface area (Å²) in [6, 6.07) is 0.0358. The maximum Gasteiger partial charge on any atom is 0.238 e. The highest BCUT2D eigenvalue weighted by Crippen LogP contribution is 2.15. The van der Waals surface area contributed by atoms with Crippen LogP contribution in [0.15, 0.2) is 0 Å². The molecular weight excluding hydrogens is 222 g/mol. The minimum Gasteiger partial charge on any atom is -0.354 e. The van der Waals surface area contributed by atoms with Crippen molar-refractivity contribution < 1.29 is 4.79 Å². The summed E-state index contributed by atoms with van der Waals surface area (Å²) in [7, 11) is 0. The van der Waals surface area contributed by atoms with Crippen molar-refractivity contribution in [1.82, 2.24) is 15.5 Å². The van der Waals surface area contributed by atoms with E-state index in [-0.39, 0.29) is 11.9 Å². The molecule has 16 heavy (non-hydrogen) atoms. The van der Waals surface area contributed by atoms with Crippen LogP contribution >= 0.6 is 11.8 Å². The van der Waals surface area contributed by atoms with E-state index < -0.39 is 0 Å². The number of likely N-dealkylation sites (tertiary alicyclic amines) is 1. The van der Waals surface area contributed by atoms with Gasteiger partial charge in [-0.3, -0.25) is 10.1 Å². The van der Waals surface area contributed by atoms with Gasteiger partial charge in [0.15, 0.2) is 0 Å². The van der Waals surface area contributed by atoms with Gasteiger partial charge in [-0.05, 0) is 25.4 Å². The van der Waals surface area contributed by atoms with Gasteiger partial charge in [-0.2, -0.15) is 0 Å². The number of rotatable bonds is 4. The van der Waals surface area contributed by atoms with Gasteiger partial charge in [0, 0.05) is 24.7 Å². The van der Waals surface area contributed by atoms with Crippen LogP contribution in [-0.2, 0) is 4.79 Å². The number of hydrogen-bond acceptors (Lipinski definition) is 4. The molecule has 0 radical (unpaired) electrons. The molecule has 2 aliphatic rings. The summed E-state index contributed by atoms with van der Waals surface area (Å²) < 4.78 is 0. The first kappa shape index (κ1) is 12.2. The zero-order valence-corrected chi connectivity index (χ0v) is 10.7. The zero-order chi connectivity index (χ0) is 11.4. The maximum absolute atomic E-state index is 11.8. The van der Waals surface area contributed by atoms with E-state index in [1.807, 2.05) is 0 Å². The highest BCUT2D eigenvalue weighted by atomic mass is 32.2. The first-order valence-corrected chi connectivity index (χ1v) is 7.26. The third kappa shape index (κ3) is 3.12. The van der Waals surface area contributed by atoms with E-state index in [0.717, 1.165) is 31.3 Å².